The summed E-state index contributed by atoms with van der Waals surface area (Å²) >= 11 is 0. The predicted molar refractivity (Wildman–Crippen MR) is 85.3 cm³/mol. The molecule has 0 saturated carbocycles. The van der Waals surface area contributed by atoms with E-state index in [1.54, 1.807) is 7.11 Å². The summed E-state index contributed by atoms with van der Waals surface area (Å²) in [4.78, 5) is 9.54. The van der Waals surface area contributed by atoms with Crippen molar-refractivity contribution >= 4 is 10.9 Å². The van der Waals surface area contributed by atoms with Gasteiger partial charge in [-0.05, 0) is 11.6 Å². The third-order valence-electron chi connectivity index (χ3n) is 4.19. The van der Waals surface area contributed by atoms with Gasteiger partial charge in [0.15, 0.2) is 0 Å². The van der Waals surface area contributed by atoms with Crippen molar-refractivity contribution in [2.24, 2.45) is 0 Å². The van der Waals surface area contributed by atoms with Crippen LogP contribution in [0.15, 0.2) is 36.5 Å². The van der Waals surface area contributed by atoms with Gasteiger partial charge in [0.05, 0.1) is 12.1 Å². The Balaban J connectivity index is 1.62. The molecule has 0 unspecified atom stereocenters. The number of nitrogens with zero attached hydrogens (tertiary/aromatic N) is 3. The molecule has 3 rings (SSSR count). The normalized spacial score (nSPS) is 17.4. The van der Waals surface area contributed by atoms with Crippen LogP contribution in [0.25, 0.3) is 10.9 Å². The van der Waals surface area contributed by atoms with E-state index in [1.807, 2.05) is 12.3 Å². The fraction of sp³-hybridized carbons (Fsp3) is 0.471. The molecule has 0 radical (unpaired) electrons. The summed E-state index contributed by atoms with van der Waals surface area (Å²) in [6.07, 6.45) is 1.88. The van der Waals surface area contributed by atoms with Crippen molar-refractivity contribution in [3.8, 4) is 0 Å². The zero-order valence-electron chi connectivity index (χ0n) is 12.7. The zero-order chi connectivity index (χ0) is 14.5. The molecule has 0 amide bonds. The number of hydrogen-bond donors (Lipinski definition) is 0. The van der Waals surface area contributed by atoms with E-state index < -0.39 is 0 Å². The summed E-state index contributed by atoms with van der Waals surface area (Å²) in [5.74, 6) is 0. The monoisotopic (exact) mass is 285 g/mol. The molecule has 21 heavy (non-hydrogen) atoms. The van der Waals surface area contributed by atoms with Gasteiger partial charge in [0.25, 0.3) is 0 Å². The van der Waals surface area contributed by atoms with E-state index in [0.29, 0.717) is 0 Å². The van der Waals surface area contributed by atoms with Gasteiger partial charge in [0, 0.05) is 58.0 Å². The quantitative estimate of drug-likeness (QED) is 0.840. The van der Waals surface area contributed by atoms with E-state index in [9.17, 15) is 0 Å². The standard InChI is InChI=1S/C17H23N3O/c1-21-13-12-19-8-10-20(11-9-19)14-16-5-2-4-15-6-3-7-18-17(15)16/h2-7H,8-14H2,1H3. The van der Waals surface area contributed by atoms with E-state index in [1.165, 1.54) is 10.9 Å². The van der Waals surface area contributed by atoms with Gasteiger partial charge < -0.3 is 4.74 Å². The largest absolute Gasteiger partial charge is 0.383 e. The lowest BCUT2D eigenvalue weighted by Crippen LogP contribution is -2.46. The van der Waals surface area contributed by atoms with Gasteiger partial charge >= 0.3 is 0 Å². The maximum atomic E-state index is 5.15. The fourth-order valence-corrected chi connectivity index (χ4v) is 2.93. The highest BCUT2D eigenvalue weighted by atomic mass is 16.5. The Kier molecular flexibility index (Phi) is 4.80. The average molecular weight is 285 g/mol. The summed E-state index contributed by atoms with van der Waals surface area (Å²) in [6, 6.07) is 10.6. The molecule has 1 aromatic heterocycles. The van der Waals surface area contributed by atoms with Crippen molar-refractivity contribution in [3.05, 3.63) is 42.1 Å². The molecule has 1 fully saturated rings. The molecule has 2 heterocycles. The minimum Gasteiger partial charge on any atom is -0.383 e. The van der Waals surface area contributed by atoms with Crippen LogP contribution >= 0.6 is 0 Å². The van der Waals surface area contributed by atoms with Gasteiger partial charge in [-0.2, -0.15) is 0 Å². The third-order valence-corrected chi connectivity index (χ3v) is 4.19. The smallest absolute Gasteiger partial charge is 0.0746 e. The van der Waals surface area contributed by atoms with Gasteiger partial charge in [-0.1, -0.05) is 24.3 Å². The molecular weight excluding hydrogens is 262 g/mol. The first-order chi connectivity index (χ1) is 10.4. The third kappa shape index (κ3) is 3.59. The molecule has 1 aliphatic heterocycles. The van der Waals surface area contributed by atoms with E-state index in [2.05, 4.69) is 39.0 Å². The van der Waals surface area contributed by atoms with Crippen molar-refractivity contribution in [1.29, 1.82) is 0 Å². The summed E-state index contributed by atoms with van der Waals surface area (Å²) in [7, 11) is 1.77. The topological polar surface area (TPSA) is 28.6 Å². The second-order valence-corrected chi connectivity index (χ2v) is 5.60. The number of hydrogen-bond acceptors (Lipinski definition) is 4. The van der Waals surface area contributed by atoms with Gasteiger partial charge in [0.1, 0.15) is 0 Å². The molecule has 0 atom stereocenters. The first-order valence-corrected chi connectivity index (χ1v) is 7.63. The average Bonchev–Trinajstić information content (AvgIpc) is 2.55. The highest BCUT2D eigenvalue weighted by Gasteiger charge is 2.17. The van der Waals surface area contributed by atoms with Crippen molar-refractivity contribution in [2.45, 2.75) is 6.54 Å². The molecule has 0 bridgehead atoms. The molecule has 0 aliphatic carbocycles. The second kappa shape index (κ2) is 6.98. The van der Waals surface area contributed by atoms with Crippen LogP contribution in [-0.4, -0.2) is 61.2 Å². The summed E-state index contributed by atoms with van der Waals surface area (Å²) in [6.45, 7) is 7.35. The maximum absolute atomic E-state index is 5.15. The molecule has 2 aromatic rings. The van der Waals surface area contributed by atoms with Gasteiger partial charge in [0.2, 0.25) is 0 Å². The number of para-hydroxylation sites is 1. The lowest BCUT2D eigenvalue weighted by molar-refractivity contribution is 0.0940. The molecule has 0 spiro atoms. The lowest BCUT2D eigenvalue weighted by Gasteiger charge is -2.34. The molecule has 0 N–H and O–H groups in total. The van der Waals surface area contributed by atoms with Crippen LogP contribution in [0.4, 0.5) is 0 Å². The molecule has 1 saturated heterocycles. The molecule has 4 nitrogen and oxygen atoms in total. The fourth-order valence-electron chi connectivity index (χ4n) is 2.93. The van der Waals surface area contributed by atoms with Gasteiger partial charge in [-0.25, -0.2) is 0 Å². The van der Waals surface area contributed by atoms with Crippen LogP contribution in [0.5, 0.6) is 0 Å². The maximum Gasteiger partial charge on any atom is 0.0746 e. The summed E-state index contributed by atoms with van der Waals surface area (Å²) in [5, 5.41) is 1.23. The predicted octanol–water partition coefficient (Wildman–Crippen LogP) is 2.00. The highest BCUT2D eigenvalue weighted by molar-refractivity contribution is 5.81. The molecule has 4 heteroatoms. The minimum atomic E-state index is 0.827. The number of pyridine rings is 1. The van der Waals surface area contributed by atoms with Crippen LogP contribution in [0.3, 0.4) is 0 Å². The molecule has 1 aliphatic rings. The van der Waals surface area contributed by atoms with Gasteiger partial charge in [-0.3, -0.25) is 14.8 Å². The number of aromatic nitrogens is 1. The first-order valence-electron chi connectivity index (χ1n) is 7.63. The van der Waals surface area contributed by atoms with Crippen LogP contribution in [0.2, 0.25) is 0 Å². The van der Waals surface area contributed by atoms with Crippen LogP contribution in [0.1, 0.15) is 5.56 Å². The summed E-state index contributed by atoms with van der Waals surface area (Å²) < 4.78 is 5.15. The Morgan fingerprint density at radius 1 is 1.05 bits per heavy atom. The van der Waals surface area contributed by atoms with E-state index in [-0.39, 0.29) is 0 Å². The molecule has 1 aromatic carbocycles. The Labute approximate surface area is 126 Å². The van der Waals surface area contributed by atoms with Crippen molar-refractivity contribution in [2.75, 3.05) is 46.4 Å². The lowest BCUT2D eigenvalue weighted by atomic mass is 10.1. The Hall–Kier alpha value is -1.49. The first kappa shape index (κ1) is 14.4. The van der Waals surface area contributed by atoms with Crippen LogP contribution in [-0.2, 0) is 11.3 Å². The molecule has 112 valence electrons. The number of rotatable bonds is 5. The number of fused-ring (bicyclic) bond motifs is 1. The van der Waals surface area contributed by atoms with Crippen molar-refractivity contribution in [3.63, 3.8) is 0 Å². The van der Waals surface area contributed by atoms with Crippen LogP contribution < -0.4 is 0 Å². The van der Waals surface area contributed by atoms with Gasteiger partial charge in [-0.15, -0.1) is 0 Å². The second-order valence-electron chi connectivity index (χ2n) is 5.60. The number of piperazine rings is 1. The van der Waals surface area contributed by atoms with Crippen LogP contribution in [0, 0.1) is 0 Å². The number of ether oxygens (including phenoxy) is 1. The minimum absolute atomic E-state index is 0.827. The Morgan fingerprint density at radius 2 is 1.81 bits per heavy atom. The summed E-state index contributed by atoms with van der Waals surface area (Å²) in [5.41, 5.74) is 2.47. The molecular formula is C17H23N3O. The number of benzene rings is 1. The number of methoxy groups -OCH3 is 1. The van der Waals surface area contributed by atoms with E-state index in [0.717, 1.165) is 51.4 Å². The van der Waals surface area contributed by atoms with E-state index in [4.69, 9.17) is 4.74 Å². The Morgan fingerprint density at radius 3 is 2.62 bits per heavy atom. The zero-order valence-corrected chi connectivity index (χ0v) is 12.7. The SMILES string of the molecule is COCCN1CCN(Cc2cccc3cccnc23)CC1. The Bertz CT molecular complexity index is 574. The van der Waals surface area contributed by atoms with E-state index >= 15 is 0 Å². The highest BCUT2D eigenvalue weighted by Crippen LogP contribution is 2.18. The van der Waals surface area contributed by atoms with Crippen molar-refractivity contribution < 1.29 is 4.74 Å². The van der Waals surface area contributed by atoms with Crippen molar-refractivity contribution in [1.82, 2.24) is 14.8 Å².